The van der Waals surface area contributed by atoms with Gasteiger partial charge in [0.2, 0.25) is 0 Å². The summed E-state index contributed by atoms with van der Waals surface area (Å²) < 4.78 is 33.2. The molecule has 0 N–H and O–H groups in total. The molecular weight excluding hydrogens is 408 g/mol. The second-order valence-corrected chi connectivity index (χ2v) is 8.71. The van der Waals surface area contributed by atoms with Crippen LogP contribution in [0.25, 0.3) is 0 Å². The smallest absolute Gasteiger partial charge is 0.176 e. The molecule has 2 aromatic heterocycles. The second kappa shape index (κ2) is 7.73. The minimum Gasteiger partial charge on any atom is -0.490 e. The van der Waals surface area contributed by atoms with Crippen LogP contribution in [0.5, 0.6) is 23.0 Å². The normalized spacial score (nSPS) is 22.1. The Balaban J connectivity index is 0.000000149. The third kappa shape index (κ3) is 3.43. The summed E-state index contributed by atoms with van der Waals surface area (Å²) >= 11 is 5.11. The van der Waals surface area contributed by atoms with Gasteiger partial charge < -0.3 is 28.4 Å². The van der Waals surface area contributed by atoms with Crippen molar-refractivity contribution in [2.75, 3.05) is 45.4 Å². The Hall–Kier alpha value is -1.71. The molecule has 0 saturated carbocycles. The van der Waals surface area contributed by atoms with Crippen LogP contribution in [0, 0.1) is 0 Å². The lowest BCUT2D eigenvalue weighted by Gasteiger charge is -2.21. The van der Waals surface area contributed by atoms with Gasteiger partial charge in [-0.05, 0) is 0 Å². The van der Waals surface area contributed by atoms with Crippen molar-refractivity contribution >= 4 is 34.4 Å². The fourth-order valence-electron chi connectivity index (χ4n) is 3.08. The number of rotatable bonds is 1. The van der Waals surface area contributed by atoms with Crippen LogP contribution in [0.1, 0.15) is 10.1 Å². The van der Waals surface area contributed by atoms with E-state index in [2.05, 4.69) is 0 Å². The lowest BCUT2D eigenvalue weighted by atomic mass is 10.2. The zero-order valence-corrected chi connectivity index (χ0v) is 16.9. The molecule has 0 radical (unpaired) electrons. The monoisotopic (exact) mass is 426 g/mol. The van der Waals surface area contributed by atoms with Crippen LogP contribution < -0.4 is 18.9 Å². The Kier molecular flexibility index (Phi) is 4.98. The van der Waals surface area contributed by atoms with Gasteiger partial charge in [-0.2, -0.15) is 0 Å². The third-order valence-electron chi connectivity index (χ3n) is 4.27. The van der Waals surface area contributed by atoms with Crippen LogP contribution in [-0.4, -0.2) is 45.4 Å². The molecule has 0 bridgehead atoms. The zero-order valence-electron chi connectivity index (χ0n) is 14.4. The molecule has 1 unspecified atom stereocenters. The number of hydrogen-bond acceptors (Lipinski definition) is 9. The van der Waals surface area contributed by atoms with Crippen LogP contribution >= 0.6 is 34.4 Å². The Morgan fingerprint density at radius 2 is 1.37 bits per heavy atom. The maximum absolute atomic E-state index is 5.77. The average molecular weight is 427 g/mol. The van der Waals surface area contributed by atoms with Gasteiger partial charge in [0.1, 0.15) is 50.7 Å². The van der Waals surface area contributed by atoms with Gasteiger partial charge in [0, 0.05) is 16.1 Å². The molecule has 0 spiro atoms. The number of thioether (sulfide) groups is 1. The maximum atomic E-state index is 5.77. The molecule has 1 atom stereocenters. The summed E-state index contributed by atoms with van der Waals surface area (Å²) in [6, 6.07) is 0. The van der Waals surface area contributed by atoms with Crippen LogP contribution in [-0.2, 0) is 9.47 Å². The largest absolute Gasteiger partial charge is 0.490 e. The van der Waals surface area contributed by atoms with Crippen LogP contribution in [0.2, 0.25) is 0 Å². The van der Waals surface area contributed by atoms with Crippen molar-refractivity contribution in [1.29, 1.82) is 0 Å². The van der Waals surface area contributed by atoms with Crippen molar-refractivity contribution in [3.05, 3.63) is 32.5 Å². The van der Waals surface area contributed by atoms with Gasteiger partial charge in [-0.3, -0.25) is 0 Å². The fourth-order valence-corrected chi connectivity index (χ4v) is 6.20. The van der Waals surface area contributed by atoms with Crippen LogP contribution in [0.15, 0.2) is 27.7 Å². The van der Waals surface area contributed by atoms with E-state index in [0.29, 0.717) is 39.6 Å². The molecule has 6 rings (SSSR count). The topological polar surface area (TPSA) is 55.4 Å². The SMILES string of the molecule is c1sc(C2SCC3=C2OCCO3)c2c1OCCO2.c1scc2c1OCCO2. The molecule has 27 heavy (non-hydrogen) atoms. The van der Waals surface area contributed by atoms with E-state index in [1.807, 2.05) is 27.9 Å². The lowest BCUT2D eigenvalue weighted by molar-refractivity contribution is 0.0640. The molecule has 6 nitrogen and oxygen atoms in total. The molecular formula is C18H18O6S3. The molecule has 0 saturated heterocycles. The van der Waals surface area contributed by atoms with Crippen LogP contribution in [0.4, 0.5) is 0 Å². The summed E-state index contributed by atoms with van der Waals surface area (Å²) in [4.78, 5) is 1.19. The molecule has 0 aliphatic carbocycles. The number of thiophene rings is 2. The Bertz CT molecular complexity index is 822. The summed E-state index contributed by atoms with van der Waals surface area (Å²) in [7, 11) is 0. The van der Waals surface area contributed by atoms with Gasteiger partial charge in [0.15, 0.2) is 28.8 Å². The highest BCUT2D eigenvalue weighted by molar-refractivity contribution is 8.00. The van der Waals surface area contributed by atoms with Crippen molar-refractivity contribution in [2.45, 2.75) is 5.25 Å². The first-order valence-corrected chi connectivity index (χ1v) is 11.6. The van der Waals surface area contributed by atoms with Crippen molar-refractivity contribution in [1.82, 2.24) is 0 Å². The van der Waals surface area contributed by atoms with E-state index in [-0.39, 0.29) is 5.25 Å². The standard InChI is InChI=1S/C12H12O4S2.C6H6O2S/c1-3-15-9-7(13-1)5-17-11(9)12-10-8(6-18-12)14-2-4-16-10;1-2-8-6-4-9-3-5(6)7-1/h5,12H,1-4,6H2;3-4H,1-2H2. The first-order chi connectivity index (χ1) is 13.4. The predicted molar refractivity (Wildman–Crippen MR) is 105 cm³/mol. The van der Waals surface area contributed by atoms with E-state index in [1.165, 1.54) is 4.88 Å². The van der Waals surface area contributed by atoms with Gasteiger partial charge in [0.05, 0.1) is 10.6 Å². The molecule has 0 fully saturated rings. The van der Waals surface area contributed by atoms with Gasteiger partial charge in [-0.1, -0.05) is 0 Å². The summed E-state index contributed by atoms with van der Waals surface area (Å²) in [5.74, 6) is 6.41. The quantitative estimate of drug-likeness (QED) is 0.681. The zero-order chi connectivity index (χ0) is 18.1. The molecule has 144 valence electrons. The van der Waals surface area contributed by atoms with E-state index in [9.17, 15) is 0 Å². The lowest BCUT2D eigenvalue weighted by Crippen LogP contribution is -2.16. The minimum atomic E-state index is 0.204. The van der Waals surface area contributed by atoms with Gasteiger partial charge >= 0.3 is 0 Å². The summed E-state index contributed by atoms with van der Waals surface area (Å²) in [5, 5.41) is 6.13. The second-order valence-electron chi connectivity index (χ2n) is 5.96. The van der Waals surface area contributed by atoms with E-state index in [1.54, 1.807) is 22.7 Å². The molecule has 4 aliphatic heterocycles. The van der Waals surface area contributed by atoms with E-state index < -0.39 is 0 Å². The van der Waals surface area contributed by atoms with Gasteiger partial charge in [-0.25, -0.2) is 0 Å². The van der Waals surface area contributed by atoms with Crippen molar-refractivity contribution in [3.63, 3.8) is 0 Å². The molecule has 0 aromatic carbocycles. The molecule has 6 heterocycles. The van der Waals surface area contributed by atoms with Crippen molar-refractivity contribution < 1.29 is 28.4 Å². The van der Waals surface area contributed by atoms with Gasteiger partial charge in [-0.15, -0.1) is 34.4 Å². The van der Waals surface area contributed by atoms with E-state index in [0.717, 1.165) is 40.3 Å². The molecule has 2 aromatic rings. The van der Waals surface area contributed by atoms with Crippen molar-refractivity contribution in [2.24, 2.45) is 0 Å². The first kappa shape index (κ1) is 17.4. The first-order valence-electron chi connectivity index (χ1n) is 8.69. The Labute approximate surface area is 169 Å². The Morgan fingerprint density at radius 1 is 0.704 bits per heavy atom. The maximum Gasteiger partial charge on any atom is 0.176 e. The number of hydrogen-bond donors (Lipinski definition) is 0. The summed E-state index contributed by atoms with van der Waals surface area (Å²) in [5.41, 5.74) is 0. The van der Waals surface area contributed by atoms with Crippen LogP contribution in [0.3, 0.4) is 0 Å². The minimum absolute atomic E-state index is 0.204. The summed E-state index contributed by atoms with van der Waals surface area (Å²) in [6.45, 7) is 3.93. The number of fused-ring (bicyclic) bond motifs is 2. The predicted octanol–water partition coefficient (Wildman–Crippen LogP) is 4.08. The summed E-state index contributed by atoms with van der Waals surface area (Å²) in [6.07, 6.45) is 0. The van der Waals surface area contributed by atoms with Gasteiger partial charge in [0.25, 0.3) is 0 Å². The van der Waals surface area contributed by atoms with Crippen molar-refractivity contribution in [3.8, 4) is 23.0 Å². The fraction of sp³-hybridized carbons (Fsp3) is 0.444. The van der Waals surface area contributed by atoms with E-state index in [4.69, 9.17) is 28.4 Å². The number of ether oxygens (including phenoxy) is 6. The molecule has 9 heteroatoms. The molecule has 4 aliphatic rings. The third-order valence-corrected chi connectivity index (χ3v) is 7.34. The Morgan fingerprint density at radius 3 is 2.19 bits per heavy atom. The highest BCUT2D eigenvalue weighted by atomic mass is 32.2. The molecule has 0 amide bonds. The van der Waals surface area contributed by atoms with E-state index >= 15 is 0 Å². The highest BCUT2D eigenvalue weighted by Gasteiger charge is 2.37. The highest BCUT2D eigenvalue weighted by Crippen LogP contribution is 2.54. The average Bonchev–Trinajstić information content (AvgIpc) is 3.45.